The first kappa shape index (κ1) is 22.3. The molecule has 0 bridgehead atoms. The normalized spacial score (nSPS) is 20.2. The molecule has 4 heterocycles. The third kappa shape index (κ3) is 3.86. The highest BCUT2D eigenvalue weighted by Gasteiger charge is 2.36. The predicted molar refractivity (Wildman–Crippen MR) is 120 cm³/mol. The number of ether oxygens (including phenoxy) is 1. The summed E-state index contributed by atoms with van der Waals surface area (Å²) in [5.41, 5.74) is 3.94. The summed E-state index contributed by atoms with van der Waals surface area (Å²) in [5, 5.41) is 13.9. The minimum Gasteiger partial charge on any atom is -0.370 e. The average molecular weight is 438 g/mol. The van der Waals surface area contributed by atoms with Gasteiger partial charge >= 0.3 is 0 Å². The summed E-state index contributed by atoms with van der Waals surface area (Å²) in [6, 6.07) is 2.40. The number of aromatic nitrogens is 2. The van der Waals surface area contributed by atoms with Crippen molar-refractivity contribution in [3.8, 4) is 6.07 Å². The molecule has 1 amide bonds. The molecular formula is C24H31N5O3. The van der Waals surface area contributed by atoms with E-state index in [9.17, 15) is 10.1 Å². The van der Waals surface area contributed by atoms with Crippen molar-refractivity contribution < 1.29 is 14.1 Å². The molecule has 4 rings (SSSR count). The maximum absolute atomic E-state index is 13.0. The lowest BCUT2D eigenvalue weighted by Gasteiger charge is -2.41. The third-order valence-electron chi connectivity index (χ3n) is 6.46. The first-order valence-electron chi connectivity index (χ1n) is 11.2. The van der Waals surface area contributed by atoms with E-state index in [2.05, 4.69) is 43.8 Å². The zero-order chi connectivity index (χ0) is 23.2. The summed E-state index contributed by atoms with van der Waals surface area (Å²) in [6.45, 7) is 14.4. The van der Waals surface area contributed by atoms with Crippen molar-refractivity contribution in [2.75, 3.05) is 24.5 Å². The van der Waals surface area contributed by atoms with E-state index in [0.717, 1.165) is 22.6 Å². The Bertz CT molecular complexity index is 1080. The largest absolute Gasteiger partial charge is 0.370 e. The van der Waals surface area contributed by atoms with Crippen LogP contribution in [0.5, 0.6) is 0 Å². The molecule has 8 nitrogen and oxygen atoms in total. The number of hydrogen-bond donors (Lipinski definition) is 0. The van der Waals surface area contributed by atoms with Gasteiger partial charge in [-0.05, 0) is 39.2 Å². The molecule has 0 unspecified atom stereocenters. The maximum atomic E-state index is 13.0. The standard InChI is InChI=1S/C24H31N5O3/c1-14(2)21-20-13-31-24(5,6)9-17(20)18(10-25)22(27-21)28-7-8-29(15(3)12-28)23(30)19-11-26-32-16(19)4/h11,14-15H,7-9,12-13H2,1-6H3/t15-/m1/s1. The number of anilines is 1. The van der Waals surface area contributed by atoms with Crippen LogP contribution >= 0.6 is 0 Å². The van der Waals surface area contributed by atoms with E-state index in [4.69, 9.17) is 14.2 Å². The molecule has 0 spiro atoms. The van der Waals surface area contributed by atoms with Gasteiger partial charge in [0.2, 0.25) is 0 Å². The Balaban J connectivity index is 1.67. The lowest BCUT2D eigenvalue weighted by atomic mass is 9.86. The van der Waals surface area contributed by atoms with E-state index in [1.807, 2.05) is 11.8 Å². The van der Waals surface area contributed by atoms with Crippen LogP contribution in [0.15, 0.2) is 10.7 Å². The quantitative estimate of drug-likeness (QED) is 0.724. The number of fused-ring (bicyclic) bond motifs is 1. The SMILES string of the molecule is Cc1oncc1C(=O)N1CCN(c2nc(C(C)C)c3c(c2C#N)CC(C)(C)OC3)C[C@H]1C. The number of amides is 1. The molecule has 0 N–H and O–H groups in total. The lowest BCUT2D eigenvalue weighted by Crippen LogP contribution is -2.54. The molecule has 0 radical (unpaired) electrons. The number of pyridine rings is 1. The van der Waals surface area contributed by atoms with Crippen molar-refractivity contribution in [2.45, 2.75) is 72.1 Å². The highest BCUT2D eigenvalue weighted by molar-refractivity contribution is 5.95. The summed E-state index contributed by atoms with van der Waals surface area (Å²) in [6.07, 6.45) is 2.16. The van der Waals surface area contributed by atoms with Crippen LogP contribution in [-0.4, -0.2) is 52.2 Å². The number of rotatable bonds is 3. The van der Waals surface area contributed by atoms with Gasteiger partial charge in [-0.15, -0.1) is 0 Å². The molecule has 2 aliphatic rings. The third-order valence-corrected chi connectivity index (χ3v) is 6.46. The van der Waals surface area contributed by atoms with Gasteiger partial charge < -0.3 is 19.1 Å². The number of carbonyl (C=O) groups excluding carboxylic acids is 1. The molecule has 0 aliphatic carbocycles. The maximum Gasteiger partial charge on any atom is 0.259 e. The van der Waals surface area contributed by atoms with Gasteiger partial charge in [-0.2, -0.15) is 5.26 Å². The second kappa shape index (κ2) is 8.21. The fourth-order valence-corrected chi connectivity index (χ4v) is 4.71. The first-order valence-corrected chi connectivity index (χ1v) is 11.2. The van der Waals surface area contributed by atoms with Crippen molar-refractivity contribution >= 4 is 11.7 Å². The fraction of sp³-hybridized carbons (Fsp3) is 0.583. The van der Waals surface area contributed by atoms with E-state index >= 15 is 0 Å². The van der Waals surface area contributed by atoms with E-state index in [0.29, 0.717) is 49.5 Å². The molecule has 0 aromatic carbocycles. The van der Waals surface area contributed by atoms with Crippen LogP contribution < -0.4 is 4.90 Å². The van der Waals surface area contributed by atoms with Crippen LogP contribution in [0.4, 0.5) is 5.82 Å². The summed E-state index contributed by atoms with van der Waals surface area (Å²) in [5.74, 6) is 1.40. The van der Waals surface area contributed by atoms with Crippen molar-refractivity contribution in [3.63, 3.8) is 0 Å². The Morgan fingerprint density at radius 3 is 2.66 bits per heavy atom. The summed E-state index contributed by atoms with van der Waals surface area (Å²) in [7, 11) is 0. The van der Waals surface area contributed by atoms with Crippen molar-refractivity contribution in [3.05, 3.63) is 39.9 Å². The summed E-state index contributed by atoms with van der Waals surface area (Å²) >= 11 is 0. The van der Waals surface area contributed by atoms with Crippen LogP contribution in [0.2, 0.25) is 0 Å². The number of aryl methyl sites for hydroxylation is 1. The van der Waals surface area contributed by atoms with E-state index in [1.165, 1.54) is 6.20 Å². The number of nitriles is 1. The predicted octanol–water partition coefficient (Wildman–Crippen LogP) is 3.58. The molecular weight excluding hydrogens is 406 g/mol. The second-order valence-corrected chi connectivity index (χ2v) is 9.73. The zero-order valence-corrected chi connectivity index (χ0v) is 19.7. The smallest absolute Gasteiger partial charge is 0.259 e. The molecule has 32 heavy (non-hydrogen) atoms. The second-order valence-electron chi connectivity index (χ2n) is 9.73. The van der Waals surface area contributed by atoms with Crippen LogP contribution in [0.1, 0.15) is 79.0 Å². The van der Waals surface area contributed by atoms with Gasteiger partial charge in [-0.3, -0.25) is 4.79 Å². The minimum atomic E-state index is -0.319. The van der Waals surface area contributed by atoms with Crippen LogP contribution in [0.3, 0.4) is 0 Å². The van der Waals surface area contributed by atoms with E-state index in [-0.39, 0.29) is 23.5 Å². The lowest BCUT2D eigenvalue weighted by molar-refractivity contribution is -0.0408. The highest BCUT2D eigenvalue weighted by atomic mass is 16.5. The number of hydrogen-bond acceptors (Lipinski definition) is 7. The average Bonchev–Trinajstić information content (AvgIpc) is 3.17. The highest BCUT2D eigenvalue weighted by Crippen LogP contribution is 2.38. The molecule has 1 saturated heterocycles. The van der Waals surface area contributed by atoms with Gasteiger partial charge in [0.1, 0.15) is 23.2 Å². The topological polar surface area (TPSA) is 95.5 Å². The van der Waals surface area contributed by atoms with Crippen molar-refractivity contribution in [1.82, 2.24) is 15.0 Å². The van der Waals surface area contributed by atoms with Gasteiger partial charge in [0, 0.05) is 37.7 Å². The van der Waals surface area contributed by atoms with Crippen LogP contribution in [-0.2, 0) is 17.8 Å². The van der Waals surface area contributed by atoms with E-state index in [1.54, 1.807) is 6.92 Å². The Hall–Kier alpha value is -2.92. The Morgan fingerprint density at radius 1 is 1.31 bits per heavy atom. The molecule has 2 aromatic heterocycles. The zero-order valence-electron chi connectivity index (χ0n) is 19.7. The molecule has 1 fully saturated rings. The molecule has 0 saturated carbocycles. The minimum absolute atomic E-state index is 0.0443. The van der Waals surface area contributed by atoms with Crippen LogP contribution in [0.25, 0.3) is 0 Å². The summed E-state index contributed by atoms with van der Waals surface area (Å²) in [4.78, 5) is 22.0. The molecule has 2 aliphatic heterocycles. The number of piperazine rings is 1. The molecule has 1 atom stereocenters. The van der Waals surface area contributed by atoms with Gasteiger partial charge in [-0.25, -0.2) is 4.98 Å². The van der Waals surface area contributed by atoms with Crippen LogP contribution in [0, 0.1) is 18.3 Å². The van der Waals surface area contributed by atoms with E-state index < -0.39 is 0 Å². The van der Waals surface area contributed by atoms with Gasteiger partial charge in [0.25, 0.3) is 5.91 Å². The number of nitrogens with zero attached hydrogens (tertiary/aromatic N) is 5. The Labute approximate surface area is 189 Å². The Kier molecular flexibility index (Phi) is 5.72. The van der Waals surface area contributed by atoms with Crippen molar-refractivity contribution in [1.29, 1.82) is 5.26 Å². The Morgan fingerprint density at radius 2 is 2.06 bits per heavy atom. The van der Waals surface area contributed by atoms with Gasteiger partial charge in [-0.1, -0.05) is 19.0 Å². The molecule has 8 heteroatoms. The molecule has 2 aromatic rings. The monoisotopic (exact) mass is 437 g/mol. The van der Waals surface area contributed by atoms with Crippen molar-refractivity contribution in [2.24, 2.45) is 0 Å². The molecule has 170 valence electrons. The fourth-order valence-electron chi connectivity index (χ4n) is 4.71. The van der Waals surface area contributed by atoms with Gasteiger partial charge in [0.05, 0.1) is 29.7 Å². The van der Waals surface area contributed by atoms with Gasteiger partial charge in [0.15, 0.2) is 0 Å². The number of carbonyl (C=O) groups is 1. The summed E-state index contributed by atoms with van der Waals surface area (Å²) < 4.78 is 11.1. The first-order chi connectivity index (χ1) is 15.1.